The Morgan fingerprint density at radius 1 is 1.18 bits per heavy atom. The molecular formula is C11H10F3N3. The van der Waals surface area contributed by atoms with E-state index in [9.17, 15) is 13.2 Å². The molecule has 6 heteroatoms. The lowest BCUT2D eigenvalue weighted by molar-refractivity contribution is -0.137. The fourth-order valence-corrected chi connectivity index (χ4v) is 1.58. The molecule has 0 saturated heterocycles. The van der Waals surface area contributed by atoms with Gasteiger partial charge in [-0.25, -0.2) is 9.67 Å². The van der Waals surface area contributed by atoms with Crippen molar-refractivity contribution in [2.24, 2.45) is 0 Å². The maximum atomic E-state index is 12.5. The molecule has 0 atom stereocenters. The fourth-order valence-electron chi connectivity index (χ4n) is 1.58. The Hall–Kier alpha value is -1.85. The van der Waals surface area contributed by atoms with Gasteiger partial charge in [0.15, 0.2) is 0 Å². The van der Waals surface area contributed by atoms with Crippen LogP contribution in [0.1, 0.15) is 17.2 Å². The third-order valence-electron chi connectivity index (χ3n) is 2.29. The summed E-state index contributed by atoms with van der Waals surface area (Å²) in [5.74, 6) is 1.08. The van der Waals surface area contributed by atoms with Crippen LogP contribution >= 0.6 is 0 Å². The number of aromatic nitrogens is 3. The molecule has 1 aromatic carbocycles. The molecule has 2 rings (SSSR count). The molecule has 17 heavy (non-hydrogen) atoms. The molecule has 0 N–H and O–H groups in total. The first kappa shape index (κ1) is 11.6. The third-order valence-corrected chi connectivity index (χ3v) is 2.29. The van der Waals surface area contributed by atoms with Gasteiger partial charge in [0.05, 0.1) is 11.3 Å². The van der Waals surface area contributed by atoms with Crippen LogP contribution in [0.4, 0.5) is 13.2 Å². The summed E-state index contributed by atoms with van der Waals surface area (Å²) in [4.78, 5) is 4.05. The standard InChI is InChI=1S/C11H10F3N3/c1-7-15-8(2)17(16-7)10-5-3-4-9(6-10)11(12,13)14/h3-6H,1-2H3. The Labute approximate surface area is 95.9 Å². The molecule has 90 valence electrons. The van der Waals surface area contributed by atoms with Gasteiger partial charge in [-0.15, -0.1) is 0 Å². The normalized spacial score (nSPS) is 11.8. The number of halogens is 3. The summed E-state index contributed by atoms with van der Waals surface area (Å²) in [6.45, 7) is 3.39. The smallest absolute Gasteiger partial charge is 0.218 e. The lowest BCUT2D eigenvalue weighted by atomic mass is 10.2. The van der Waals surface area contributed by atoms with Gasteiger partial charge in [0.1, 0.15) is 11.6 Å². The number of hydrogen-bond acceptors (Lipinski definition) is 2. The minimum Gasteiger partial charge on any atom is -0.218 e. The molecular weight excluding hydrogens is 231 g/mol. The maximum absolute atomic E-state index is 12.5. The molecule has 0 bridgehead atoms. The van der Waals surface area contributed by atoms with Gasteiger partial charge in [0.25, 0.3) is 0 Å². The van der Waals surface area contributed by atoms with Crippen LogP contribution < -0.4 is 0 Å². The highest BCUT2D eigenvalue weighted by atomic mass is 19.4. The van der Waals surface area contributed by atoms with Crippen LogP contribution in [-0.4, -0.2) is 14.8 Å². The summed E-state index contributed by atoms with van der Waals surface area (Å²) in [5.41, 5.74) is -0.333. The highest BCUT2D eigenvalue weighted by Gasteiger charge is 2.30. The summed E-state index contributed by atoms with van der Waals surface area (Å²) in [7, 11) is 0. The number of benzene rings is 1. The van der Waals surface area contributed by atoms with Crippen LogP contribution in [0.2, 0.25) is 0 Å². The number of alkyl halides is 3. The predicted octanol–water partition coefficient (Wildman–Crippen LogP) is 2.90. The first-order valence-electron chi connectivity index (χ1n) is 4.96. The van der Waals surface area contributed by atoms with Crippen molar-refractivity contribution in [3.05, 3.63) is 41.5 Å². The Morgan fingerprint density at radius 2 is 1.88 bits per heavy atom. The fraction of sp³-hybridized carbons (Fsp3) is 0.273. The van der Waals surface area contributed by atoms with Gasteiger partial charge in [-0.05, 0) is 32.0 Å². The molecule has 1 aromatic heterocycles. The average molecular weight is 241 g/mol. The van der Waals surface area contributed by atoms with Crippen molar-refractivity contribution in [2.45, 2.75) is 20.0 Å². The molecule has 1 heterocycles. The highest BCUT2D eigenvalue weighted by molar-refractivity contribution is 5.37. The molecule has 0 spiro atoms. The molecule has 0 unspecified atom stereocenters. The second kappa shape index (κ2) is 3.87. The zero-order valence-corrected chi connectivity index (χ0v) is 9.28. The van der Waals surface area contributed by atoms with Crippen LogP contribution in [0, 0.1) is 13.8 Å². The van der Waals surface area contributed by atoms with Crippen LogP contribution in [0.15, 0.2) is 24.3 Å². The molecule has 0 fully saturated rings. The predicted molar refractivity (Wildman–Crippen MR) is 55.8 cm³/mol. The van der Waals surface area contributed by atoms with Gasteiger partial charge in [-0.3, -0.25) is 0 Å². The molecule has 0 aliphatic carbocycles. The highest BCUT2D eigenvalue weighted by Crippen LogP contribution is 2.30. The average Bonchev–Trinajstić information content (AvgIpc) is 2.57. The zero-order chi connectivity index (χ0) is 12.6. The van der Waals surface area contributed by atoms with E-state index in [-0.39, 0.29) is 0 Å². The second-order valence-electron chi connectivity index (χ2n) is 3.67. The van der Waals surface area contributed by atoms with E-state index in [1.165, 1.54) is 10.7 Å². The minimum atomic E-state index is -4.35. The van der Waals surface area contributed by atoms with Crippen molar-refractivity contribution in [1.82, 2.24) is 14.8 Å². The molecule has 0 aliphatic heterocycles. The number of nitrogens with zero attached hydrogens (tertiary/aromatic N) is 3. The van der Waals surface area contributed by atoms with Crippen molar-refractivity contribution >= 4 is 0 Å². The van der Waals surface area contributed by atoms with Crippen LogP contribution in [0.5, 0.6) is 0 Å². The summed E-state index contributed by atoms with van der Waals surface area (Å²) in [6, 6.07) is 5.01. The minimum absolute atomic E-state index is 0.359. The van der Waals surface area contributed by atoms with E-state index in [0.717, 1.165) is 12.1 Å². The van der Waals surface area contributed by atoms with Crippen molar-refractivity contribution in [3.63, 3.8) is 0 Å². The third kappa shape index (κ3) is 2.30. The van der Waals surface area contributed by atoms with Gasteiger partial charge in [0, 0.05) is 0 Å². The topological polar surface area (TPSA) is 30.7 Å². The number of hydrogen-bond donors (Lipinski definition) is 0. The lowest BCUT2D eigenvalue weighted by Crippen LogP contribution is -2.07. The van der Waals surface area contributed by atoms with E-state index >= 15 is 0 Å². The van der Waals surface area contributed by atoms with Gasteiger partial charge in [0.2, 0.25) is 0 Å². The van der Waals surface area contributed by atoms with Crippen LogP contribution in [-0.2, 0) is 6.18 Å². The van der Waals surface area contributed by atoms with Crippen LogP contribution in [0.3, 0.4) is 0 Å². The summed E-state index contributed by atoms with van der Waals surface area (Å²) in [6.07, 6.45) is -4.35. The van der Waals surface area contributed by atoms with E-state index in [0.29, 0.717) is 17.3 Å². The Balaban J connectivity index is 2.50. The summed E-state index contributed by atoms with van der Waals surface area (Å²) in [5, 5.41) is 4.04. The van der Waals surface area contributed by atoms with Crippen molar-refractivity contribution in [1.29, 1.82) is 0 Å². The summed E-state index contributed by atoms with van der Waals surface area (Å²) < 4.78 is 39.0. The number of rotatable bonds is 1. The van der Waals surface area contributed by atoms with Gasteiger partial charge in [-0.2, -0.15) is 18.3 Å². The van der Waals surface area contributed by atoms with E-state index in [4.69, 9.17) is 0 Å². The Kier molecular flexibility index (Phi) is 2.65. The van der Waals surface area contributed by atoms with Crippen LogP contribution in [0.25, 0.3) is 5.69 Å². The molecule has 2 aromatic rings. The first-order chi connectivity index (χ1) is 7.88. The Bertz CT molecular complexity index is 543. The Morgan fingerprint density at radius 3 is 2.41 bits per heavy atom. The van der Waals surface area contributed by atoms with Gasteiger partial charge in [-0.1, -0.05) is 6.07 Å². The molecule has 0 saturated carbocycles. The maximum Gasteiger partial charge on any atom is 0.416 e. The lowest BCUT2D eigenvalue weighted by Gasteiger charge is -2.09. The quantitative estimate of drug-likeness (QED) is 0.768. The SMILES string of the molecule is Cc1nc(C)n(-c2cccc(C(F)(F)F)c2)n1. The van der Waals surface area contributed by atoms with Gasteiger partial charge >= 0.3 is 6.18 Å². The van der Waals surface area contributed by atoms with E-state index < -0.39 is 11.7 Å². The number of aryl methyl sites for hydroxylation is 2. The molecule has 0 amide bonds. The largest absolute Gasteiger partial charge is 0.416 e. The molecule has 0 radical (unpaired) electrons. The van der Waals surface area contributed by atoms with Crippen molar-refractivity contribution < 1.29 is 13.2 Å². The van der Waals surface area contributed by atoms with E-state index in [1.807, 2.05) is 0 Å². The second-order valence-corrected chi connectivity index (χ2v) is 3.67. The summed E-state index contributed by atoms with van der Waals surface area (Å²) >= 11 is 0. The monoisotopic (exact) mass is 241 g/mol. The zero-order valence-electron chi connectivity index (χ0n) is 9.28. The molecule has 0 aliphatic rings. The van der Waals surface area contributed by atoms with E-state index in [2.05, 4.69) is 10.1 Å². The molecule has 3 nitrogen and oxygen atoms in total. The first-order valence-corrected chi connectivity index (χ1v) is 4.96. The van der Waals surface area contributed by atoms with E-state index in [1.54, 1.807) is 19.9 Å². The van der Waals surface area contributed by atoms with Gasteiger partial charge < -0.3 is 0 Å². The van der Waals surface area contributed by atoms with Crippen molar-refractivity contribution in [2.75, 3.05) is 0 Å². The van der Waals surface area contributed by atoms with Crippen molar-refractivity contribution in [3.8, 4) is 5.69 Å².